The summed E-state index contributed by atoms with van der Waals surface area (Å²) in [6.07, 6.45) is 0. The van der Waals surface area contributed by atoms with Gasteiger partial charge in [-0.3, -0.25) is 4.79 Å². The number of carbonyl (C=O) groups is 1. The maximum Gasteiger partial charge on any atom is 0.223 e. The Balaban J connectivity index is 2.13. The number of para-hydroxylation sites is 1. The molecule has 0 aliphatic heterocycles. The second-order valence-corrected chi connectivity index (χ2v) is 3.93. The third-order valence-electron chi connectivity index (χ3n) is 2.35. The van der Waals surface area contributed by atoms with Gasteiger partial charge < -0.3 is 5.32 Å². The van der Waals surface area contributed by atoms with Crippen LogP contribution in [0.4, 0.5) is 0 Å². The molecule has 5 heteroatoms. The van der Waals surface area contributed by atoms with Gasteiger partial charge in [-0.2, -0.15) is 0 Å². The van der Waals surface area contributed by atoms with E-state index in [9.17, 15) is 4.79 Å². The van der Waals surface area contributed by atoms with Crippen molar-refractivity contribution in [1.29, 1.82) is 0 Å². The molecule has 0 atom stereocenters. The van der Waals surface area contributed by atoms with Gasteiger partial charge in [-0.1, -0.05) is 31.2 Å². The molecule has 0 saturated carbocycles. The van der Waals surface area contributed by atoms with E-state index in [1.54, 1.807) is 4.68 Å². The minimum atomic E-state index is -0.0187. The smallest absolute Gasteiger partial charge is 0.223 e. The lowest BCUT2D eigenvalue weighted by Crippen LogP contribution is -2.30. The van der Waals surface area contributed by atoms with Gasteiger partial charge in [0, 0.05) is 5.92 Å². The van der Waals surface area contributed by atoms with E-state index in [4.69, 9.17) is 0 Å². The van der Waals surface area contributed by atoms with Gasteiger partial charge in [-0.15, -0.1) is 5.10 Å². The van der Waals surface area contributed by atoms with E-state index in [1.807, 2.05) is 38.1 Å². The zero-order valence-electron chi connectivity index (χ0n) is 9.34. The first-order chi connectivity index (χ1) is 7.68. The minimum absolute atomic E-state index is 0.0135. The normalized spacial score (nSPS) is 10.9. The lowest BCUT2D eigenvalue weighted by molar-refractivity contribution is -0.124. The number of amides is 1. The van der Waals surface area contributed by atoms with Crippen LogP contribution >= 0.6 is 0 Å². The van der Waals surface area contributed by atoms with Crippen LogP contribution in [0.25, 0.3) is 11.0 Å². The Hall–Kier alpha value is -1.91. The molecule has 0 spiro atoms. The van der Waals surface area contributed by atoms with Crippen molar-refractivity contribution in [2.24, 2.45) is 5.92 Å². The van der Waals surface area contributed by atoms with Gasteiger partial charge in [0.2, 0.25) is 5.91 Å². The molecule has 1 aromatic heterocycles. The number of hydrogen-bond acceptors (Lipinski definition) is 3. The van der Waals surface area contributed by atoms with E-state index in [0.717, 1.165) is 11.0 Å². The van der Waals surface area contributed by atoms with Crippen molar-refractivity contribution in [3.63, 3.8) is 0 Å². The molecule has 5 nitrogen and oxygen atoms in total. The first kappa shape index (κ1) is 10.6. The number of fused-ring (bicyclic) bond motifs is 1. The van der Waals surface area contributed by atoms with Crippen LogP contribution in [0, 0.1) is 5.92 Å². The highest BCUT2D eigenvalue weighted by Crippen LogP contribution is 2.08. The molecule has 0 radical (unpaired) electrons. The molecular formula is C11H14N4O. The highest BCUT2D eigenvalue weighted by atomic mass is 16.1. The summed E-state index contributed by atoms with van der Waals surface area (Å²) >= 11 is 0. The maximum atomic E-state index is 11.4. The Kier molecular flexibility index (Phi) is 2.85. The van der Waals surface area contributed by atoms with Crippen LogP contribution in [0.1, 0.15) is 13.8 Å². The highest BCUT2D eigenvalue weighted by molar-refractivity contribution is 5.78. The van der Waals surface area contributed by atoms with Crippen molar-refractivity contribution in [3.8, 4) is 0 Å². The molecule has 1 N–H and O–H groups in total. The minimum Gasteiger partial charge on any atom is -0.337 e. The van der Waals surface area contributed by atoms with E-state index in [0.29, 0.717) is 6.67 Å². The number of nitrogens with zero attached hydrogens (tertiary/aromatic N) is 3. The molecule has 0 aliphatic carbocycles. The SMILES string of the molecule is CC(C)C(=O)NCn1nnc2ccccc21. The lowest BCUT2D eigenvalue weighted by Gasteiger charge is -2.07. The zero-order chi connectivity index (χ0) is 11.5. The molecule has 1 aromatic carbocycles. The van der Waals surface area contributed by atoms with Gasteiger partial charge in [0.1, 0.15) is 12.2 Å². The second-order valence-electron chi connectivity index (χ2n) is 3.93. The molecule has 0 aliphatic rings. The topological polar surface area (TPSA) is 59.8 Å². The Morgan fingerprint density at radius 1 is 1.44 bits per heavy atom. The number of benzene rings is 1. The molecule has 1 heterocycles. The Labute approximate surface area is 93.4 Å². The van der Waals surface area contributed by atoms with Crippen LogP contribution in [-0.2, 0) is 11.5 Å². The predicted octanol–water partition coefficient (Wildman–Crippen LogP) is 1.16. The first-order valence-corrected chi connectivity index (χ1v) is 5.24. The van der Waals surface area contributed by atoms with Crippen molar-refractivity contribution in [2.45, 2.75) is 20.5 Å². The van der Waals surface area contributed by atoms with Crippen LogP contribution in [0.5, 0.6) is 0 Å². The Bertz CT molecular complexity index is 503. The van der Waals surface area contributed by atoms with Crippen molar-refractivity contribution >= 4 is 16.9 Å². The predicted molar refractivity (Wildman–Crippen MR) is 60.5 cm³/mol. The largest absolute Gasteiger partial charge is 0.337 e. The van der Waals surface area contributed by atoms with Crippen LogP contribution < -0.4 is 5.32 Å². The van der Waals surface area contributed by atoms with Crippen LogP contribution in [0.2, 0.25) is 0 Å². The van der Waals surface area contributed by atoms with E-state index in [-0.39, 0.29) is 11.8 Å². The van der Waals surface area contributed by atoms with Gasteiger partial charge >= 0.3 is 0 Å². The highest BCUT2D eigenvalue weighted by Gasteiger charge is 2.07. The summed E-state index contributed by atoms with van der Waals surface area (Å²) in [6, 6.07) is 7.65. The summed E-state index contributed by atoms with van der Waals surface area (Å²) in [6.45, 7) is 4.07. The number of hydrogen-bond donors (Lipinski definition) is 1. The summed E-state index contributed by atoms with van der Waals surface area (Å²) in [5.41, 5.74) is 1.76. The Morgan fingerprint density at radius 2 is 2.19 bits per heavy atom. The van der Waals surface area contributed by atoms with Gasteiger partial charge in [-0.05, 0) is 12.1 Å². The molecule has 84 valence electrons. The molecule has 0 unspecified atom stereocenters. The molecule has 16 heavy (non-hydrogen) atoms. The fraction of sp³-hybridized carbons (Fsp3) is 0.364. The van der Waals surface area contributed by atoms with Crippen LogP contribution in [-0.4, -0.2) is 20.9 Å². The quantitative estimate of drug-likeness (QED) is 0.841. The first-order valence-electron chi connectivity index (χ1n) is 5.24. The number of nitrogens with one attached hydrogen (secondary N) is 1. The molecule has 2 aromatic rings. The third kappa shape index (κ3) is 2.03. The van der Waals surface area contributed by atoms with Gasteiger partial charge in [0.15, 0.2) is 0 Å². The fourth-order valence-corrected chi connectivity index (χ4v) is 1.39. The molecular weight excluding hydrogens is 204 g/mol. The summed E-state index contributed by atoms with van der Waals surface area (Å²) in [4.78, 5) is 11.4. The van der Waals surface area contributed by atoms with Gasteiger partial charge in [0.25, 0.3) is 0 Å². The summed E-state index contributed by atoms with van der Waals surface area (Å²) < 4.78 is 1.68. The van der Waals surface area contributed by atoms with Crippen molar-refractivity contribution < 1.29 is 4.79 Å². The van der Waals surface area contributed by atoms with Crippen LogP contribution in [0.15, 0.2) is 24.3 Å². The van der Waals surface area contributed by atoms with Crippen molar-refractivity contribution in [3.05, 3.63) is 24.3 Å². The standard InChI is InChI=1S/C11H14N4O/c1-8(2)11(16)12-7-15-10-6-4-3-5-9(10)13-14-15/h3-6,8H,7H2,1-2H3,(H,12,16). The van der Waals surface area contributed by atoms with Crippen molar-refractivity contribution in [2.75, 3.05) is 0 Å². The van der Waals surface area contributed by atoms with Crippen molar-refractivity contribution in [1.82, 2.24) is 20.3 Å². The molecule has 2 rings (SSSR count). The second kappa shape index (κ2) is 4.30. The average Bonchev–Trinajstić information content (AvgIpc) is 2.69. The van der Waals surface area contributed by atoms with E-state index >= 15 is 0 Å². The fourth-order valence-electron chi connectivity index (χ4n) is 1.39. The number of aromatic nitrogens is 3. The number of carbonyl (C=O) groups excluding carboxylic acids is 1. The summed E-state index contributed by atoms with van der Waals surface area (Å²) in [5.74, 6) is -0.00522. The van der Waals surface area contributed by atoms with E-state index in [2.05, 4.69) is 15.6 Å². The molecule has 1 amide bonds. The van der Waals surface area contributed by atoms with E-state index < -0.39 is 0 Å². The summed E-state index contributed by atoms with van der Waals surface area (Å²) in [7, 11) is 0. The third-order valence-corrected chi connectivity index (χ3v) is 2.35. The maximum absolute atomic E-state index is 11.4. The van der Waals surface area contributed by atoms with Gasteiger partial charge in [-0.25, -0.2) is 4.68 Å². The average molecular weight is 218 g/mol. The zero-order valence-corrected chi connectivity index (χ0v) is 9.34. The lowest BCUT2D eigenvalue weighted by atomic mass is 10.2. The Morgan fingerprint density at radius 3 is 2.94 bits per heavy atom. The molecule has 0 saturated heterocycles. The van der Waals surface area contributed by atoms with Gasteiger partial charge in [0.05, 0.1) is 5.52 Å². The molecule has 0 fully saturated rings. The van der Waals surface area contributed by atoms with Crippen LogP contribution in [0.3, 0.4) is 0 Å². The molecule has 0 bridgehead atoms. The monoisotopic (exact) mass is 218 g/mol. The summed E-state index contributed by atoms with van der Waals surface area (Å²) in [5, 5.41) is 10.8. The van der Waals surface area contributed by atoms with E-state index in [1.165, 1.54) is 0 Å². The number of rotatable bonds is 3.